The Morgan fingerprint density at radius 2 is 1.86 bits per heavy atom. The van der Waals surface area contributed by atoms with Gasteiger partial charge in [-0.05, 0) is 39.0 Å². The molecule has 1 amide bonds. The van der Waals surface area contributed by atoms with Gasteiger partial charge in [-0.15, -0.1) is 0 Å². The molecule has 0 aliphatic carbocycles. The molecule has 3 rings (SSSR count). The highest BCUT2D eigenvalue weighted by molar-refractivity contribution is 7.89. The summed E-state index contributed by atoms with van der Waals surface area (Å²) >= 11 is 5.95. The van der Waals surface area contributed by atoms with E-state index < -0.39 is 16.1 Å². The normalized spacial score (nSPS) is 16.7. The van der Waals surface area contributed by atoms with Gasteiger partial charge in [-0.3, -0.25) is 9.48 Å². The Balaban J connectivity index is 1.64. The van der Waals surface area contributed by atoms with E-state index in [9.17, 15) is 13.2 Å². The maximum absolute atomic E-state index is 13.1. The van der Waals surface area contributed by atoms with Crippen molar-refractivity contribution >= 4 is 27.5 Å². The number of nitrogens with zero attached hydrogens (tertiary/aromatic N) is 4. The van der Waals surface area contributed by atoms with Crippen LogP contribution < -0.4 is 4.74 Å². The molecule has 10 heteroatoms. The van der Waals surface area contributed by atoms with E-state index in [0.29, 0.717) is 35.2 Å². The number of carbonyl (C=O) groups is 1. The zero-order valence-electron chi connectivity index (χ0n) is 16.9. The fourth-order valence-electron chi connectivity index (χ4n) is 3.46. The van der Waals surface area contributed by atoms with Crippen LogP contribution in [0.5, 0.6) is 5.75 Å². The third kappa shape index (κ3) is 4.41. The maximum Gasteiger partial charge on any atom is 0.263 e. The van der Waals surface area contributed by atoms with Gasteiger partial charge in [-0.25, -0.2) is 8.42 Å². The minimum atomic E-state index is -3.66. The molecular weight excluding hydrogens is 416 g/mol. The van der Waals surface area contributed by atoms with Crippen molar-refractivity contribution in [3.8, 4) is 5.75 Å². The first-order valence-corrected chi connectivity index (χ1v) is 11.1. The highest BCUT2D eigenvalue weighted by atomic mass is 35.5. The minimum Gasteiger partial charge on any atom is -0.481 e. The lowest BCUT2D eigenvalue weighted by Gasteiger charge is -2.35. The largest absolute Gasteiger partial charge is 0.481 e. The van der Waals surface area contributed by atoms with Crippen LogP contribution in [-0.2, 0) is 21.9 Å². The van der Waals surface area contributed by atoms with Crippen LogP contribution in [0.3, 0.4) is 0 Å². The monoisotopic (exact) mass is 440 g/mol. The van der Waals surface area contributed by atoms with Crippen molar-refractivity contribution in [1.29, 1.82) is 0 Å². The summed E-state index contributed by atoms with van der Waals surface area (Å²) in [6, 6.07) is 6.86. The van der Waals surface area contributed by atoms with Gasteiger partial charge in [0.2, 0.25) is 10.0 Å². The van der Waals surface area contributed by atoms with E-state index in [0.717, 1.165) is 0 Å². The van der Waals surface area contributed by atoms with Crippen LogP contribution >= 0.6 is 11.6 Å². The standard InChI is InChI=1S/C19H25ClN4O4S/c1-13-18(14(2)22(4)21-13)29(26,27)24-10-8-23(9-11-24)19(25)15(3)28-17-7-5-6-16(20)12-17/h5-7,12,15H,8-11H2,1-4H3/t15-/m0/s1. The number of carbonyl (C=O) groups excluding carboxylic acids is 1. The van der Waals surface area contributed by atoms with Crippen LogP contribution in [0.2, 0.25) is 5.02 Å². The zero-order valence-corrected chi connectivity index (χ0v) is 18.5. The van der Waals surface area contributed by atoms with E-state index in [1.165, 1.54) is 4.31 Å². The van der Waals surface area contributed by atoms with Crippen molar-refractivity contribution in [2.45, 2.75) is 31.8 Å². The van der Waals surface area contributed by atoms with Crippen molar-refractivity contribution in [3.05, 3.63) is 40.7 Å². The highest BCUT2D eigenvalue weighted by Crippen LogP contribution is 2.24. The molecule has 2 heterocycles. The van der Waals surface area contributed by atoms with Crippen LogP contribution in [-0.4, -0.2) is 65.6 Å². The number of sulfonamides is 1. The molecule has 1 saturated heterocycles. The van der Waals surface area contributed by atoms with Gasteiger partial charge in [0.25, 0.3) is 5.91 Å². The number of aromatic nitrogens is 2. The molecule has 1 aliphatic rings. The van der Waals surface area contributed by atoms with E-state index in [4.69, 9.17) is 16.3 Å². The van der Waals surface area contributed by atoms with Crippen LogP contribution in [0.25, 0.3) is 0 Å². The molecule has 1 aliphatic heterocycles. The predicted octanol–water partition coefficient (Wildman–Crippen LogP) is 1.99. The minimum absolute atomic E-state index is 0.184. The third-order valence-electron chi connectivity index (χ3n) is 5.05. The number of halogens is 1. The van der Waals surface area contributed by atoms with E-state index in [1.54, 1.807) is 61.7 Å². The second-order valence-electron chi connectivity index (χ2n) is 7.07. The van der Waals surface area contributed by atoms with Crippen molar-refractivity contribution < 1.29 is 17.9 Å². The first-order valence-electron chi connectivity index (χ1n) is 9.32. The van der Waals surface area contributed by atoms with Crippen LogP contribution in [0, 0.1) is 13.8 Å². The summed E-state index contributed by atoms with van der Waals surface area (Å²) in [5, 5.41) is 4.73. The van der Waals surface area contributed by atoms with Gasteiger partial charge < -0.3 is 9.64 Å². The summed E-state index contributed by atoms with van der Waals surface area (Å²) in [5.74, 6) is 0.331. The van der Waals surface area contributed by atoms with Crippen molar-refractivity contribution in [1.82, 2.24) is 19.0 Å². The Morgan fingerprint density at radius 3 is 2.41 bits per heavy atom. The molecule has 0 radical (unpaired) electrons. The summed E-state index contributed by atoms with van der Waals surface area (Å²) < 4.78 is 34.8. The Hall–Kier alpha value is -2.10. The molecule has 2 aromatic rings. The molecule has 0 unspecified atom stereocenters. The van der Waals surface area contributed by atoms with Gasteiger partial charge in [0, 0.05) is 38.2 Å². The number of hydrogen-bond donors (Lipinski definition) is 0. The molecular formula is C19H25ClN4O4S. The number of piperazine rings is 1. The van der Waals surface area contributed by atoms with E-state index in [1.807, 2.05) is 0 Å². The first kappa shape index (κ1) is 21.6. The molecule has 0 bridgehead atoms. The second-order valence-corrected chi connectivity index (χ2v) is 9.38. The Labute approximate surface area is 176 Å². The van der Waals surface area contributed by atoms with Gasteiger partial charge in [0.15, 0.2) is 6.10 Å². The van der Waals surface area contributed by atoms with Crippen LogP contribution in [0.4, 0.5) is 0 Å². The molecule has 0 saturated carbocycles. The Bertz CT molecular complexity index is 1010. The fraction of sp³-hybridized carbons (Fsp3) is 0.474. The number of aryl methyl sites for hydroxylation is 2. The number of hydrogen-bond acceptors (Lipinski definition) is 5. The molecule has 8 nitrogen and oxygen atoms in total. The number of benzene rings is 1. The predicted molar refractivity (Wildman–Crippen MR) is 110 cm³/mol. The average molecular weight is 441 g/mol. The third-order valence-corrected chi connectivity index (χ3v) is 7.43. The quantitative estimate of drug-likeness (QED) is 0.709. The van der Waals surface area contributed by atoms with Gasteiger partial charge in [0.1, 0.15) is 10.6 Å². The highest BCUT2D eigenvalue weighted by Gasteiger charge is 2.35. The summed E-state index contributed by atoms with van der Waals surface area (Å²) in [6.45, 7) is 6.17. The zero-order chi connectivity index (χ0) is 21.3. The van der Waals surface area contributed by atoms with Crippen molar-refractivity contribution in [3.63, 3.8) is 0 Å². The SMILES string of the molecule is Cc1nn(C)c(C)c1S(=O)(=O)N1CCN(C(=O)[C@H](C)Oc2cccc(Cl)c2)CC1. The number of amides is 1. The van der Waals surface area contributed by atoms with Gasteiger partial charge >= 0.3 is 0 Å². The summed E-state index contributed by atoms with van der Waals surface area (Å²) in [4.78, 5) is 14.6. The van der Waals surface area contributed by atoms with Gasteiger partial charge in [-0.2, -0.15) is 9.40 Å². The van der Waals surface area contributed by atoms with E-state index in [2.05, 4.69) is 5.10 Å². The van der Waals surface area contributed by atoms with Gasteiger partial charge in [0.05, 0.1) is 11.4 Å². The van der Waals surface area contributed by atoms with Gasteiger partial charge in [-0.1, -0.05) is 17.7 Å². The van der Waals surface area contributed by atoms with Crippen molar-refractivity contribution in [2.75, 3.05) is 26.2 Å². The molecule has 0 spiro atoms. The molecule has 29 heavy (non-hydrogen) atoms. The number of ether oxygens (including phenoxy) is 1. The average Bonchev–Trinajstić information content (AvgIpc) is 2.93. The lowest BCUT2D eigenvalue weighted by molar-refractivity contribution is -0.139. The Morgan fingerprint density at radius 1 is 1.21 bits per heavy atom. The smallest absolute Gasteiger partial charge is 0.263 e. The van der Waals surface area contributed by atoms with Crippen molar-refractivity contribution in [2.24, 2.45) is 7.05 Å². The maximum atomic E-state index is 13.1. The topological polar surface area (TPSA) is 84.7 Å². The van der Waals surface area contributed by atoms with E-state index >= 15 is 0 Å². The van der Waals surface area contributed by atoms with Crippen LogP contribution in [0.15, 0.2) is 29.2 Å². The lowest BCUT2D eigenvalue weighted by Crippen LogP contribution is -2.53. The molecule has 1 atom stereocenters. The summed E-state index contributed by atoms with van der Waals surface area (Å²) in [5.41, 5.74) is 1.08. The van der Waals surface area contributed by atoms with E-state index in [-0.39, 0.29) is 23.9 Å². The fourth-order valence-corrected chi connectivity index (χ4v) is 5.46. The molecule has 1 fully saturated rings. The summed E-state index contributed by atoms with van der Waals surface area (Å²) in [6.07, 6.45) is -0.695. The summed E-state index contributed by atoms with van der Waals surface area (Å²) in [7, 11) is -1.94. The molecule has 0 N–H and O–H groups in total. The molecule has 1 aromatic carbocycles. The number of rotatable bonds is 5. The van der Waals surface area contributed by atoms with Crippen LogP contribution in [0.1, 0.15) is 18.3 Å². The molecule has 158 valence electrons. The second kappa shape index (κ2) is 8.33. The molecule has 1 aromatic heterocycles. The lowest BCUT2D eigenvalue weighted by atomic mass is 10.2. The Kier molecular flexibility index (Phi) is 6.21. The first-order chi connectivity index (χ1) is 13.6.